The fourth-order valence-electron chi connectivity index (χ4n) is 0.983. The van der Waals surface area contributed by atoms with E-state index in [4.69, 9.17) is 5.26 Å². The molecule has 1 unspecified atom stereocenters. The lowest BCUT2D eigenvalue weighted by molar-refractivity contribution is -0.120. The van der Waals surface area contributed by atoms with Crippen LogP contribution in [0.3, 0.4) is 0 Å². The SMILES string of the molecule is CC(NC(=O)CC#N)c1ncn(C)n1. The second kappa shape index (κ2) is 4.37. The molecule has 1 aromatic rings. The van der Waals surface area contributed by atoms with Gasteiger partial charge in [0.25, 0.3) is 0 Å². The van der Waals surface area contributed by atoms with Crippen LogP contribution in [0, 0.1) is 11.3 Å². The summed E-state index contributed by atoms with van der Waals surface area (Å²) in [5.74, 6) is 0.228. The molecule has 1 N–H and O–H groups in total. The summed E-state index contributed by atoms with van der Waals surface area (Å²) in [6.45, 7) is 1.77. The first-order valence-corrected chi connectivity index (χ1v) is 4.15. The highest BCUT2D eigenvalue weighted by Crippen LogP contribution is 2.04. The Morgan fingerprint density at radius 2 is 2.57 bits per heavy atom. The van der Waals surface area contributed by atoms with Crippen LogP contribution in [-0.4, -0.2) is 20.7 Å². The van der Waals surface area contributed by atoms with Crippen LogP contribution in [0.2, 0.25) is 0 Å². The number of amides is 1. The number of carbonyl (C=O) groups excluding carboxylic acids is 1. The van der Waals surface area contributed by atoms with Gasteiger partial charge in [-0.05, 0) is 6.92 Å². The maximum Gasteiger partial charge on any atom is 0.234 e. The van der Waals surface area contributed by atoms with Crippen LogP contribution in [0.25, 0.3) is 0 Å². The first-order valence-electron chi connectivity index (χ1n) is 4.15. The summed E-state index contributed by atoms with van der Waals surface area (Å²) in [5, 5.41) is 14.9. The van der Waals surface area contributed by atoms with Crippen molar-refractivity contribution in [3.63, 3.8) is 0 Å². The average Bonchev–Trinajstić information content (AvgIpc) is 2.52. The number of nitrogens with zero attached hydrogens (tertiary/aromatic N) is 4. The van der Waals surface area contributed by atoms with Crippen molar-refractivity contribution >= 4 is 5.91 Å². The van der Waals surface area contributed by atoms with E-state index in [0.717, 1.165) is 0 Å². The van der Waals surface area contributed by atoms with Gasteiger partial charge in [-0.15, -0.1) is 0 Å². The quantitative estimate of drug-likeness (QED) is 0.726. The Morgan fingerprint density at radius 1 is 1.86 bits per heavy atom. The van der Waals surface area contributed by atoms with Crippen molar-refractivity contribution in [3.8, 4) is 6.07 Å². The van der Waals surface area contributed by atoms with Crippen molar-refractivity contribution < 1.29 is 4.79 Å². The number of nitrogens with one attached hydrogen (secondary N) is 1. The van der Waals surface area contributed by atoms with Crippen LogP contribution in [-0.2, 0) is 11.8 Å². The second-order valence-electron chi connectivity index (χ2n) is 2.90. The average molecular weight is 193 g/mol. The van der Waals surface area contributed by atoms with E-state index >= 15 is 0 Å². The fraction of sp³-hybridized carbons (Fsp3) is 0.500. The lowest BCUT2D eigenvalue weighted by Gasteiger charge is -2.07. The van der Waals surface area contributed by atoms with Crippen LogP contribution in [0.15, 0.2) is 6.33 Å². The Balaban J connectivity index is 2.55. The molecule has 0 aliphatic carbocycles. The maximum absolute atomic E-state index is 11.0. The molecule has 6 heteroatoms. The van der Waals surface area contributed by atoms with Crippen molar-refractivity contribution in [1.82, 2.24) is 20.1 Å². The molecule has 1 aromatic heterocycles. The third-order valence-corrected chi connectivity index (χ3v) is 1.62. The van der Waals surface area contributed by atoms with E-state index in [1.54, 1.807) is 31.0 Å². The molecule has 0 aliphatic heterocycles. The normalized spacial score (nSPS) is 11.8. The van der Waals surface area contributed by atoms with E-state index in [2.05, 4.69) is 15.4 Å². The van der Waals surface area contributed by atoms with Crippen molar-refractivity contribution in [3.05, 3.63) is 12.2 Å². The lowest BCUT2D eigenvalue weighted by atomic mass is 10.3. The van der Waals surface area contributed by atoms with Crippen molar-refractivity contribution in [2.75, 3.05) is 0 Å². The zero-order valence-electron chi connectivity index (χ0n) is 8.06. The minimum Gasteiger partial charge on any atom is -0.345 e. The molecule has 0 saturated carbocycles. The molecule has 0 saturated heterocycles. The zero-order valence-corrected chi connectivity index (χ0v) is 8.06. The first-order chi connectivity index (χ1) is 6.63. The molecule has 1 amide bonds. The minimum absolute atomic E-state index is 0.142. The molecule has 0 aliphatic rings. The van der Waals surface area contributed by atoms with Crippen LogP contribution in [0.4, 0.5) is 0 Å². The highest BCUT2D eigenvalue weighted by atomic mass is 16.1. The number of nitriles is 1. The highest BCUT2D eigenvalue weighted by molar-refractivity contribution is 5.78. The zero-order chi connectivity index (χ0) is 10.6. The van der Waals surface area contributed by atoms with Crippen molar-refractivity contribution in [1.29, 1.82) is 5.26 Å². The number of rotatable bonds is 3. The van der Waals surface area contributed by atoms with Crippen LogP contribution in [0.5, 0.6) is 0 Å². The van der Waals surface area contributed by atoms with Gasteiger partial charge in [-0.1, -0.05) is 0 Å². The second-order valence-corrected chi connectivity index (χ2v) is 2.90. The molecule has 0 aromatic carbocycles. The molecular formula is C8H11N5O. The van der Waals surface area contributed by atoms with Gasteiger partial charge < -0.3 is 5.32 Å². The summed E-state index contributed by atoms with van der Waals surface area (Å²) in [5.41, 5.74) is 0. The summed E-state index contributed by atoms with van der Waals surface area (Å²) in [6, 6.07) is 1.50. The van der Waals surface area contributed by atoms with Gasteiger partial charge in [0.15, 0.2) is 5.82 Å². The van der Waals surface area contributed by atoms with Gasteiger partial charge in [0.1, 0.15) is 12.7 Å². The van der Waals surface area contributed by atoms with E-state index in [9.17, 15) is 4.79 Å². The smallest absolute Gasteiger partial charge is 0.234 e. The fourth-order valence-corrected chi connectivity index (χ4v) is 0.983. The number of aromatic nitrogens is 3. The predicted octanol–water partition coefficient (Wildman–Crippen LogP) is -0.0940. The number of hydrogen-bond acceptors (Lipinski definition) is 4. The third kappa shape index (κ3) is 2.55. The summed E-state index contributed by atoms with van der Waals surface area (Å²) >= 11 is 0. The molecule has 74 valence electrons. The van der Waals surface area contributed by atoms with Gasteiger partial charge in [0.05, 0.1) is 12.1 Å². The Bertz CT molecular complexity index is 364. The van der Waals surface area contributed by atoms with Crippen LogP contribution >= 0.6 is 0 Å². The molecule has 0 spiro atoms. The van der Waals surface area contributed by atoms with Crippen molar-refractivity contribution in [2.45, 2.75) is 19.4 Å². The van der Waals surface area contributed by atoms with E-state index < -0.39 is 0 Å². The molecule has 0 radical (unpaired) electrons. The summed E-state index contributed by atoms with van der Waals surface area (Å²) in [7, 11) is 1.75. The first kappa shape index (κ1) is 10.2. The lowest BCUT2D eigenvalue weighted by Crippen LogP contribution is -2.26. The molecule has 1 rings (SSSR count). The largest absolute Gasteiger partial charge is 0.345 e. The third-order valence-electron chi connectivity index (χ3n) is 1.62. The predicted molar refractivity (Wildman–Crippen MR) is 47.8 cm³/mol. The Labute approximate surface area is 81.6 Å². The monoisotopic (exact) mass is 193 g/mol. The topological polar surface area (TPSA) is 83.6 Å². The molecule has 0 bridgehead atoms. The summed E-state index contributed by atoms with van der Waals surface area (Å²) < 4.78 is 1.56. The Hall–Kier alpha value is -1.90. The molecule has 0 fully saturated rings. The van der Waals surface area contributed by atoms with Crippen LogP contribution in [0.1, 0.15) is 25.2 Å². The van der Waals surface area contributed by atoms with E-state index in [-0.39, 0.29) is 18.4 Å². The highest BCUT2D eigenvalue weighted by Gasteiger charge is 2.12. The van der Waals surface area contributed by atoms with E-state index in [0.29, 0.717) is 5.82 Å². The van der Waals surface area contributed by atoms with Crippen LogP contribution < -0.4 is 5.32 Å². The number of carbonyl (C=O) groups is 1. The summed E-state index contributed by atoms with van der Waals surface area (Å²) in [6.07, 6.45) is 1.42. The van der Waals surface area contributed by atoms with Gasteiger partial charge >= 0.3 is 0 Å². The van der Waals surface area contributed by atoms with Gasteiger partial charge in [-0.25, -0.2) is 4.98 Å². The molecular weight excluding hydrogens is 182 g/mol. The van der Waals surface area contributed by atoms with Gasteiger partial charge in [-0.2, -0.15) is 10.4 Å². The van der Waals surface area contributed by atoms with Gasteiger partial charge in [0.2, 0.25) is 5.91 Å². The molecule has 6 nitrogen and oxygen atoms in total. The minimum atomic E-state index is -0.313. The number of aryl methyl sites for hydroxylation is 1. The van der Waals surface area contributed by atoms with E-state index in [1.807, 2.05) is 0 Å². The molecule has 1 atom stereocenters. The van der Waals surface area contributed by atoms with E-state index in [1.165, 1.54) is 0 Å². The maximum atomic E-state index is 11.0. The van der Waals surface area contributed by atoms with Gasteiger partial charge in [-0.3, -0.25) is 9.48 Å². The van der Waals surface area contributed by atoms with Crippen molar-refractivity contribution in [2.24, 2.45) is 7.05 Å². The standard InChI is InChI=1S/C8H11N5O/c1-6(11-7(14)3-4-9)8-10-5-13(2)12-8/h5-6H,3H2,1-2H3,(H,11,14). The number of hydrogen-bond donors (Lipinski definition) is 1. The van der Waals surface area contributed by atoms with Gasteiger partial charge in [0, 0.05) is 7.05 Å². The molecule has 14 heavy (non-hydrogen) atoms. The Kier molecular flexibility index (Phi) is 3.18. The Morgan fingerprint density at radius 3 is 3.07 bits per heavy atom. The summed E-state index contributed by atoms with van der Waals surface area (Å²) in [4.78, 5) is 15.0. The molecule has 1 heterocycles.